The van der Waals surface area contributed by atoms with E-state index < -0.39 is 29.9 Å². The molecule has 0 aromatic carbocycles. The van der Waals surface area contributed by atoms with Gasteiger partial charge in [-0.2, -0.15) is 0 Å². The highest BCUT2D eigenvalue weighted by molar-refractivity contribution is 5.82. The summed E-state index contributed by atoms with van der Waals surface area (Å²) in [6.07, 6.45) is 0.701. The van der Waals surface area contributed by atoms with Gasteiger partial charge < -0.3 is 14.6 Å². The van der Waals surface area contributed by atoms with E-state index in [0.717, 1.165) is 4.90 Å². The molecule has 0 spiro atoms. The molecule has 1 aliphatic rings. The highest BCUT2D eigenvalue weighted by atomic mass is 16.6. The number of amides is 1. The molecule has 114 valence electrons. The first-order valence-corrected chi connectivity index (χ1v) is 6.59. The second-order valence-corrected chi connectivity index (χ2v) is 5.86. The summed E-state index contributed by atoms with van der Waals surface area (Å²) in [7, 11) is 1.25. The summed E-state index contributed by atoms with van der Waals surface area (Å²) < 4.78 is 9.93. The number of aliphatic hydroxyl groups is 1. The van der Waals surface area contributed by atoms with Crippen molar-refractivity contribution in [3.8, 4) is 0 Å². The van der Waals surface area contributed by atoms with E-state index >= 15 is 0 Å². The number of rotatable bonds is 3. The van der Waals surface area contributed by atoms with Crippen molar-refractivity contribution in [2.24, 2.45) is 5.92 Å². The van der Waals surface area contributed by atoms with Gasteiger partial charge in [0.05, 0.1) is 7.11 Å². The molecule has 0 aromatic heterocycles. The third-order valence-electron chi connectivity index (χ3n) is 3.12. The SMILES string of the molecule is C=CC[C@H]1C[C@@H](C(=O)OC)N(C(=O)OC(C)(C)C)C1O. The molecule has 1 fully saturated rings. The molecule has 1 rings (SSSR count). The number of ether oxygens (including phenoxy) is 2. The van der Waals surface area contributed by atoms with Crippen molar-refractivity contribution >= 4 is 12.1 Å². The van der Waals surface area contributed by atoms with Gasteiger partial charge in [-0.05, 0) is 33.6 Å². The maximum absolute atomic E-state index is 12.2. The fraction of sp³-hybridized carbons (Fsp3) is 0.714. The average Bonchev–Trinajstić information content (AvgIpc) is 2.64. The van der Waals surface area contributed by atoms with E-state index in [1.807, 2.05) is 0 Å². The van der Waals surface area contributed by atoms with Crippen LogP contribution in [0, 0.1) is 5.92 Å². The Balaban J connectivity index is 2.94. The Morgan fingerprint density at radius 2 is 2.05 bits per heavy atom. The minimum absolute atomic E-state index is 0.246. The molecule has 1 saturated heterocycles. The van der Waals surface area contributed by atoms with Gasteiger partial charge in [0.2, 0.25) is 0 Å². The number of nitrogens with zero attached hydrogens (tertiary/aromatic N) is 1. The van der Waals surface area contributed by atoms with Crippen LogP contribution in [0.5, 0.6) is 0 Å². The van der Waals surface area contributed by atoms with Crippen LogP contribution in [-0.2, 0) is 14.3 Å². The van der Waals surface area contributed by atoms with Gasteiger partial charge in [0, 0.05) is 5.92 Å². The van der Waals surface area contributed by atoms with Crippen LogP contribution in [0.25, 0.3) is 0 Å². The van der Waals surface area contributed by atoms with E-state index in [4.69, 9.17) is 9.47 Å². The lowest BCUT2D eigenvalue weighted by Gasteiger charge is -2.29. The topological polar surface area (TPSA) is 76.1 Å². The molecule has 0 bridgehead atoms. The molecular formula is C14H23NO5. The number of hydrogen-bond donors (Lipinski definition) is 1. The minimum Gasteiger partial charge on any atom is -0.467 e. The molecule has 1 unspecified atom stereocenters. The fourth-order valence-corrected chi connectivity index (χ4v) is 2.26. The Bertz CT molecular complexity index is 388. The maximum Gasteiger partial charge on any atom is 0.413 e. The second-order valence-electron chi connectivity index (χ2n) is 5.86. The first-order valence-electron chi connectivity index (χ1n) is 6.59. The van der Waals surface area contributed by atoms with Crippen molar-refractivity contribution in [2.45, 2.75) is 51.5 Å². The third-order valence-corrected chi connectivity index (χ3v) is 3.12. The highest BCUT2D eigenvalue weighted by Gasteiger charge is 2.47. The van der Waals surface area contributed by atoms with Gasteiger partial charge in [-0.1, -0.05) is 6.08 Å². The second kappa shape index (κ2) is 6.26. The molecule has 0 saturated carbocycles. The zero-order valence-corrected chi connectivity index (χ0v) is 12.5. The van der Waals surface area contributed by atoms with Crippen LogP contribution in [0.2, 0.25) is 0 Å². The van der Waals surface area contributed by atoms with Crippen molar-refractivity contribution in [3.63, 3.8) is 0 Å². The molecule has 0 aliphatic carbocycles. The van der Waals surface area contributed by atoms with Crippen LogP contribution in [0.15, 0.2) is 12.7 Å². The van der Waals surface area contributed by atoms with Gasteiger partial charge >= 0.3 is 12.1 Å². The van der Waals surface area contributed by atoms with Crippen LogP contribution >= 0.6 is 0 Å². The average molecular weight is 285 g/mol. The predicted molar refractivity (Wildman–Crippen MR) is 72.8 cm³/mol. The molecule has 1 amide bonds. The molecular weight excluding hydrogens is 262 g/mol. The Morgan fingerprint density at radius 3 is 2.50 bits per heavy atom. The minimum atomic E-state index is -1.08. The van der Waals surface area contributed by atoms with Gasteiger partial charge in [0.15, 0.2) is 0 Å². The predicted octanol–water partition coefficient (Wildman–Crippen LogP) is 1.68. The highest BCUT2D eigenvalue weighted by Crippen LogP contribution is 2.33. The summed E-state index contributed by atoms with van der Waals surface area (Å²) in [5, 5.41) is 10.2. The Morgan fingerprint density at radius 1 is 1.45 bits per heavy atom. The van der Waals surface area contributed by atoms with Crippen LogP contribution in [-0.4, -0.2) is 47.0 Å². The van der Waals surface area contributed by atoms with Gasteiger partial charge in [-0.15, -0.1) is 6.58 Å². The fourth-order valence-electron chi connectivity index (χ4n) is 2.26. The molecule has 3 atom stereocenters. The van der Waals surface area contributed by atoms with Crippen molar-refractivity contribution in [2.75, 3.05) is 7.11 Å². The number of hydrogen-bond acceptors (Lipinski definition) is 5. The monoisotopic (exact) mass is 285 g/mol. The first-order chi connectivity index (χ1) is 9.21. The quantitative estimate of drug-likeness (QED) is 0.630. The van der Waals surface area contributed by atoms with E-state index in [9.17, 15) is 14.7 Å². The molecule has 6 nitrogen and oxygen atoms in total. The Kier molecular flexibility index (Phi) is 5.16. The van der Waals surface area contributed by atoms with E-state index in [-0.39, 0.29) is 5.92 Å². The Labute approximate surface area is 119 Å². The number of carbonyl (C=O) groups excluding carboxylic acids is 2. The summed E-state index contributed by atoms with van der Waals surface area (Å²) in [5.41, 5.74) is -0.700. The maximum atomic E-state index is 12.2. The molecule has 20 heavy (non-hydrogen) atoms. The number of methoxy groups -OCH3 is 1. The lowest BCUT2D eigenvalue weighted by Crippen LogP contribution is -2.48. The van der Waals surface area contributed by atoms with Gasteiger partial charge in [0.25, 0.3) is 0 Å². The summed E-state index contributed by atoms with van der Waals surface area (Å²) in [6.45, 7) is 8.79. The normalized spacial score (nSPS) is 26.2. The number of esters is 1. The van der Waals surface area contributed by atoms with Crippen LogP contribution in [0.1, 0.15) is 33.6 Å². The van der Waals surface area contributed by atoms with Gasteiger partial charge in [-0.25, -0.2) is 9.59 Å². The largest absolute Gasteiger partial charge is 0.467 e. The van der Waals surface area contributed by atoms with Crippen molar-refractivity contribution in [3.05, 3.63) is 12.7 Å². The van der Waals surface area contributed by atoms with E-state index in [1.165, 1.54) is 7.11 Å². The number of aliphatic hydroxyl groups excluding tert-OH is 1. The number of allylic oxidation sites excluding steroid dienone is 1. The number of carbonyl (C=O) groups is 2. The van der Waals surface area contributed by atoms with Crippen LogP contribution in [0.4, 0.5) is 4.79 Å². The van der Waals surface area contributed by atoms with E-state index in [1.54, 1.807) is 26.8 Å². The zero-order valence-electron chi connectivity index (χ0n) is 12.5. The first kappa shape index (κ1) is 16.5. The summed E-state index contributed by atoms with van der Waals surface area (Å²) in [5.74, 6) is -0.800. The van der Waals surface area contributed by atoms with Crippen molar-refractivity contribution < 1.29 is 24.2 Å². The molecule has 6 heteroatoms. The molecule has 1 N–H and O–H groups in total. The molecule has 0 aromatic rings. The summed E-state index contributed by atoms with van der Waals surface area (Å²) >= 11 is 0. The van der Waals surface area contributed by atoms with Gasteiger partial charge in [-0.3, -0.25) is 4.90 Å². The molecule has 1 heterocycles. The Hall–Kier alpha value is -1.56. The van der Waals surface area contributed by atoms with Crippen LogP contribution in [0.3, 0.4) is 0 Å². The summed E-state index contributed by atoms with van der Waals surface area (Å²) in [6, 6.07) is -0.824. The third kappa shape index (κ3) is 3.72. The molecule has 1 aliphatic heterocycles. The van der Waals surface area contributed by atoms with E-state index in [2.05, 4.69) is 6.58 Å². The molecule has 0 radical (unpaired) electrons. The lowest BCUT2D eigenvalue weighted by atomic mass is 10.0. The van der Waals surface area contributed by atoms with Crippen LogP contribution < -0.4 is 0 Å². The van der Waals surface area contributed by atoms with Gasteiger partial charge in [0.1, 0.15) is 17.9 Å². The van der Waals surface area contributed by atoms with Crippen molar-refractivity contribution in [1.29, 1.82) is 0 Å². The van der Waals surface area contributed by atoms with Crippen molar-refractivity contribution in [1.82, 2.24) is 4.90 Å². The lowest BCUT2D eigenvalue weighted by molar-refractivity contribution is -0.148. The number of likely N-dealkylation sites (tertiary alicyclic amines) is 1. The standard InChI is InChI=1S/C14H23NO5/c1-6-7-9-8-10(12(17)19-5)15(11(9)16)13(18)20-14(2,3)4/h6,9-11,16H,1,7-8H2,2-5H3/t9-,10-,11?/m0/s1. The smallest absolute Gasteiger partial charge is 0.413 e. The zero-order chi connectivity index (χ0) is 15.5. The van der Waals surface area contributed by atoms with E-state index in [0.29, 0.717) is 12.8 Å². The summed E-state index contributed by atoms with van der Waals surface area (Å²) in [4.78, 5) is 25.0.